The molecule has 0 aliphatic rings. The van der Waals surface area contributed by atoms with E-state index in [-0.39, 0.29) is 12.1 Å². The van der Waals surface area contributed by atoms with Crippen molar-refractivity contribution < 1.29 is 0 Å². The van der Waals surface area contributed by atoms with Crippen LogP contribution < -0.4 is 5.73 Å². The highest BCUT2D eigenvalue weighted by molar-refractivity contribution is 9.10. The minimum atomic E-state index is 0.0548. The monoisotopic (exact) mass is 346 g/mol. The molecule has 2 aromatic carbocycles. The van der Waals surface area contributed by atoms with Gasteiger partial charge in [-0.3, -0.25) is 4.90 Å². The first-order valence-electron chi connectivity index (χ1n) is 7.25. The maximum absolute atomic E-state index is 6.25. The van der Waals surface area contributed by atoms with Crippen molar-refractivity contribution in [1.29, 1.82) is 0 Å². The molecule has 3 heteroatoms. The number of hydrogen-bond donors (Lipinski definition) is 1. The average molecular weight is 347 g/mol. The van der Waals surface area contributed by atoms with E-state index in [0.717, 1.165) is 11.0 Å². The summed E-state index contributed by atoms with van der Waals surface area (Å²) in [5.41, 5.74) is 10.1. The predicted octanol–water partition coefficient (Wildman–Crippen LogP) is 4.28. The highest BCUT2D eigenvalue weighted by Gasteiger charge is 2.23. The number of nitrogens with two attached hydrogens (primary N) is 1. The summed E-state index contributed by atoms with van der Waals surface area (Å²) in [5.74, 6) is 0. The van der Waals surface area contributed by atoms with Crippen molar-refractivity contribution in [2.75, 3.05) is 7.05 Å². The Hall–Kier alpha value is -1.16. The Balaban J connectivity index is 2.22. The average Bonchev–Trinajstić information content (AvgIpc) is 2.43. The van der Waals surface area contributed by atoms with Gasteiger partial charge in [0.15, 0.2) is 0 Å². The van der Waals surface area contributed by atoms with Gasteiger partial charge in [-0.15, -0.1) is 0 Å². The molecule has 21 heavy (non-hydrogen) atoms. The van der Waals surface area contributed by atoms with Gasteiger partial charge in [0.1, 0.15) is 0 Å². The van der Waals surface area contributed by atoms with Gasteiger partial charge in [0, 0.05) is 17.1 Å². The van der Waals surface area contributed by atoms with Crippen molar-refractivity contribution in [3.8, 4) is 0 Å². The Bertz CT molecular complexity index is 578. The molecule has 0 bridgehead atoms. The molecule has 0 aliphatic carbocycles. The summed E-state index contributed by atoms with van der Waals surface area (Å²) in [4.78, 5) is 2.31. The lowest BCUT2D eigenvalue weighted by Crippen LogP contribution is -2.37. The maximum Gasteiger partial charge on any atom is 0.0508 e. The van der Waals surface area contributed by atoms with E-state index < -0.39 is 0 Å². The maximum atomic E-state index is 6.25. The molecule has 0 aromatic heterocycles. The van der Waals surface area contributed by atoms with Crippen LogP contribution >= 0.6 is 15.9 Å². The molecule has 0 aliphatic heterocycles. The molecule has 2 N–H and O–H groups in total. The SMILES string of the molecule is Cc1ccc(CN(C)C(c2ccccc2Br)C(C)N)cc1. The third kappa shape index (κ3) is 4.16. The Morgan fingerprint density at radius 2 is 1.71 bits per heavy atom. The lowest BCUT2D eigenvalue weighted by molar-refractivity contribution is 0.210. The Morgan fingerprint density at radius 1 is 1.10 bits per heavy atom. The van der Waals surface area contributed by atoms with Crippen LogP contribution in [0.1, 0.15) is 29.7 Å². The fraction of sp³-hybridized carbons (Fsp3) is 0.333. The lowest BCUT2D eigenvalue weighted by atomic mass is 9.99. The van der Waals surface area contributed by atoms with E-state index in [9.17, 15) is 0 Å². The molecule has 2 nitrogen and oxygen atoms in total. The lowest BCUT2D eigenvalue weighted by Gasteiger charge is -2.32. The Morgan fingerprint density at radius 3 is 2.29 bits per heavy atom. The van der Waals surface area contributed by atoms with Gasteiger partial charge in [-0.2, -0.15) is 0 Å². The van der Waals surface area contributed by atoms with Crippen molar-refractivity contribution in [3.05, 3.63) is 69.7 Å². The van der Waals surface area contributed by atoms with Gasteiger partial charge in [0.05, 0.1) is 6.04 Å². The summed E-state index contributed by atoms with van der Waals surface area (Å²) in [5, 5.41) is 0. The number of benzene rings is 2. The van der Waals surface area contributed by atoms with E-state index in [1.165, 1.54) is 16.7 Å². The molecular weight excluding hydrogens is 324 g/mol. The number of likely N-dealkylation sites (N-methyl/N-ethyl adjacent to an activating group) is 1. The van der Waals surface area contributed by atoms with Gasteiger partial charge < -0.3 is 5.73 Å². The van der Waals surface area contributed by atoms with E-state index >= 15 is 0 Å². The van der Waals surface area contributed by atoms with Crippen molar-refractivity contribution in [2.45, 2.75) is 32.5 Å². The van der Waals surface area contributed by atoms with Crippen LogP contribution in [0.15, 0.2) is 53.0 Å². The first-order valence-corrected chi connectivity index (χ1v) is 8.04. The topological polar surface area (TPSA) is 29.3 Å². The predicted molar refractivity (Wildman–Crippen MR) is 93.2 cm³/mol. The smallest absolute Gasteiger partial charge is 0.0508 e. The van der Waals surface area contributed by atoms with Crippen LogP contribution in [0.5, 0.6) is 0 Å². The molecule has 0 fully saturated rings. The molecule has 0 amide bonds. The molecule has 0 heterocycles. The molecule has 2 atom stereocenters. The standard InChI is InChI=1S/C18H23BrN2/c1-13-8-10-15(11-9-13)12-21(3)18(14(2)20)16-6-4-5-7-17(16)19/h4-11,14,18H,12,20H2,1-3H3. The van der Waals surface area contributed by atoms with Crippen LogP contribution in [0.25, 0.3) is 0 Å². The zero-order valence-electron chi connectivity index (χ0n) is 12.9. The van der Waals surface area contributed by atoms with Crippen molar-refractivity contribution >= 4 is 15.9 Å². The molecule has 0 saturated carbocycles. The van der Waals surface area contributed by atoms with Crippen LogP contribution in [-0.4, -0.2) is 18.0 Å². The quantitative estimate of drug-likeness (QED) is 0.875. The Labute approximate surface area is 136 Å². The second kappa shape index (κ2) is 7.21. The van der Waals surface area contributed by atoms with E-state index in [4.69, 9.17) is 5.73 Å². The molecule has 2 unspecified atom stereocenters. The summed E-state index contributed by atoms with van der Waals surface area (Å²) in [7, 11) is 2.13. The summed E-state index contributed by atoms with van der Waals surface area (Å²) >= 11 is 3.65. The van der Waals surface area contributed by atoms with Gasteiger partial charge in [0.2, 0.25) is 0 Å². The number of hydrogen-bond acceptors (Lipinski definition) is 2. The fourth-order valence-corrected chi connectivity index (χ4v) is 3.24. The van der Waals surface area contributed by atoms with Gasteiger partial charge in [-0.25, -0.2) is 0 Å². The summed E-state index contributed by atoms with van der Waals surface area (Å²) < 4.78 is 1.11. The van der Waals surface area contributed by atoms with E-state index in [1.54, 1.807) is 0 Å². The van der Waals surface area contributed by atoms with Crippen molar-refractivity contribution in [2.24, 2.45) is 5.73 Å². The zero-order valence-corrected chi connectivity index (χ0v) is 14.5. The first-order chi connectivity index (χ1) is 9.99. The number of aryl methyl sites for hydroxylation is 1. The normalized spacial score (nSPS) is 14.2. The van der Waals surface area contributed by atoms with E-state index in [0.29, 0.717) is 0 Å². The molecule has 0 spiro atoms. The molecule has 2 aromatic rings. The Kier molecular flexibility index (Phi) is 5.57. The van der Waals surface area contributed by atoms with Crippen molar-refractivity contribution in [1.82, 2.24) is 4.90 Å². The molecule has 0 saturated heterocycles. The van der Waals surface area contributed by atoms with Crippen LogP contribution in [-0.2, 0) is 6.54 Å². The van der Waals surface area contributed by atoms with Crippen LogP contribution in [0.4, 0.5) is 0 Å². The van der Waals surface area contributed by atoms with Gasteiger partial charge in [-0.1, -0.05) is 64.0 Å². The van der Waals surface area contributed by atoms with Gasteiger partial charge in [-0.05, 0) is 38.1 Å². The molecular formula is C18H23BrN2. The van der Waals surface area contributed by atoms with Crippen LogP contribution in [0, 0.1) is 6.92 Å². The van der Waals surface area contributed by atoms with Crippen LogP contribution in [0.2, 0.25) is 0 Å². The van der Waals surface area contributed by atoms with E-state index in [2.05, 4.69) is 84.2 Å². The summed E-state index contributed by atoms with van der Waals surface area (Å²) in [6.07, 6.45) is 0. The largest absolute Gasteiger partial charge is 0.326 e. The third-order valence-electron chi connectivity index (χ3n) is 3.75. The number of nitrogens with zero attached hydrogens (tertiary/aromatic N) is 1. The summed E-state index contributed by atoms with van der Waals surface area (Å²) in [6, 6.07) is 17.2. The molecule has 2 rings (SSSR count). The highest BCUT2D eigenvalue weighted by atomic mass is 79.9. The fourth-order valence-electron chi connectivity index (χ4n) is 2.72. The second-order valence-corrected chi connectivity index (χ2v) is 6.58. The van der Waals surface area contributed by atoms with Crippen molar-refractivity contribution in [3.63, 3.8) is 0 Å². The van der Waals surface area contributed by atoms with E-state index in [1.807, 2.05) is 6.07 Å². The number of halogens is 1. The zero-order chi connectivity index (χ0) is 15.4. The van der Waals surface area contributed by atoms with Gasteiger partial charge >= 0.3 is 0 Å². The minimum absolute atomic E-state index is 0.0548. The molecule has 112 valence electrons. The van der Waals surface area contributed by atoms with Crippen LogP contribution in [0.3, 0.4) is 0 Å². The molecule has 0 radical (unpaired) electrons. The highest BCUT2D eigenvalue weighted by Crippen LogP contribution is 2.30. The second-order valence-electron chi connectivity index (χ2n) is 5.73. The third-order valence-corrected chi connectivity index (χ3v) is 4.47. The summed E-state index contributed by atoms with van der Waals surface area (Å²) in [6.45, 7) is 5.06. The van der Waals surface area contributed by atoms with Gasteiger partial charge in [0.25, 0.3) is 0 Å². The first kappa shape index (κ1) is 16.2. The number of rotatable bonds is 5. The minimum Gasteiger partial charge on any atom is -0.326 e.